The number of hydrogen-bond acceptors (Lipinski definition) is 1. The van der Waals surface area contributed by atoms with Crippen LogP contribution in [0.3, 0.4) is 0 Å². The molecule has 0 bridgehead atoms. The van der Waals surface area contributed by atoms with E-state index in [2.05, 4.69) is 21.2 Å². The van der Waals surface area contributed by atoms with Crippen LogP contribution in [0.2, 0.25) is 5.02 Å². The van der Waals surface area contributed by atoms with Crippen LogP contribution in [0.5, 0.6) is 0 Å². The van der Waals surface area contributed by atoms with Crippen LogP contribution in [0.1, 0.15) is 29.7 Å². The summed E-state index contributed by atoms with van der Waals surface area (Å²) in [7, 11) is 0. The number of halogens is 3. The van der Waals surface area contributed by atoms with Crippen molar-refractivity contribution in [2.75, 3.05) is 6.54 Å². The van der Waals surface area contributed by atoms with Crippen molar-refractivity contribution in [2.24, 2.45) is 0 Å². The van der Waals surface area contributed by atoms with Crippen LogP contribution in [0.15, 0.2) is 40.9 Å². The molecule has 0 aliphatic rings. The lowest BCUT2D eigenvalue weighted by molar-refractivity contribution is 0.610. The lowest BCUT2D eigenvalue weighted by Crippen LogP contribution is -2.22. The van der Waals surface area contributed by atoms with Gasteiger partial charge in [0.05, 0.1) is 11.1 Å². The highest BCUT2D eigenvalue weighted by Crippen LogP contribution is 2.30. The second kappa shape index (κ2) is 6.70. The van der Waals surface area contributed by atoms with Gasteiger partial charge in [0.25, 0.3) is 0 Å². The Morgan fingerprint density at radius 2 is 2.00 bits per heavy atom. The average Bonchev–Trinajstić information content (AvgIpc) is 2.40. The first kappa shape index (κ1) is 15.5. The van der Waals surface area contributed by atoms with Crippen LogP contribution >= 0.6 is 27.5 Å². The van der Waals surface area contributed by atoms with Gasteiger partial charge in [-0.1, -0.05) is 30.7 Å². The summed E-state index contributed by atoms with van der Waals surface area (Å²) in [5, 5.41) is 4.10. The van der Waals surface area contributed by atoms with Gasteiger partial charge in [-0.05, 0) is 70.4 Å². The first-order valence-electron chi connectivity index (χ1n) is 6.47. The summed E-state index contributed by atoms with van der Waals surface area (Å²) in [4.78, 5) is 0. The molecule has 1 N–H and O–H groups in total. The zero-order valence-corrected chi connectivity index (χ0v) is 13.7. The van der Waals surface area contributed by atoms with E-state index in [0.717, 1.165) is 27.7 Å². The van der Waals surface area contributed by atoms with Crippen molar-refractivity contribution >= 4 is 27.5 Å². The average molecular weight is 357 g/mol. The van der Waals surface area contributed by atoms with Crippen molar-refractivity contribution in [3.63, 3.8) is 0 Å². The Morgan fingerprint density at radius 1 is 1.25 bits per heavy atom. The van der Waals surface area contributed by atoms with Crippen molar-refractivity contribution in [3.8, 4) is 0 Å². The van der Waals surface area contributed by atoms with E-state index in [0.29, 0.717) is 5.02 Å². The maximum absolute atomic E-state index is 13.3. The molecule has 0 spiro atoms. The smallest absolute Gasteiger partial charge is 0.123 e. The molecule has 106 valence electrons. The summed E-state index contributed by atoms with van der Waals surface area (Å²) >= 11 is 9.57. The third-order valence-corrected chi connectivity index (χ3v) is 4.46. The zero-order chi connectivity index (χ0) is 14.7. The monoisotopic (exact) mass is 355 g/mol. The van der Waals surface area contributed by atoms with Crippen molar-refractivity contribution in [3.05, 3.63) is 68.4 Å². The fraction of sp³-hybridized carbons (Fsp3) is 0.250. The minimum Gasteiger partial charge on any atom is -0.307 e. The highest BCUT2D eigenvalue weighted by molar-refractivity contribution is 9.10. The molecule has 4 heteroatoms. The summed E-state index contributed by atoms with van der Waals surface area (Å²) in [5.74, 6) is -0.213. The van der Waals surface area contributed by atoms with E-state index in [9.17, 15) is 4.39 Å². The molecule has 0 radical (unpaired) electrons. The molecule has 0 saturated carbocycles. The largest absolute Gasteiger partial charge is 0.307 e. The quantitative estimate of drug-likeness (QED) is 0.789. The summed E-state index contributed by atoms with van der Waals surface area (Å²) in [6, 6.07) is 10.8. The Labute approximate surface area is 132 Å². The third kappa shape index (κ3) is 3.40. The van der Waals surface area contributed by atoms with E-state index in [1.165, 1.54) is 6.07 Å². The van der Waals surface area contributed by atoms with Gasteiger partial charge in [-0.15, -0.1) is 0 Å². The van der Waals surface area contributed by atoms with Gasteiger partial charge in [-0.2, -0.15) is 0 Å². The molecule has 2 rings (SSSR count). The molecule has 1 nitrogen and oxygen atoms in total. The number of nitrogens with one attached hydrogen (secondary N) is 1. The number of aryl methyl sites for hydroxylation is 1. The predicted octanol–water partition coefficient (Wildman–Crippen LogP) is 5.25. The maximum Gasteiger partial charge on any atom is 0.123 e. The van der Waals surface area contributed by atoms with Gasteiger partial charge in [-0.3, -0.25) is 0 Å². The summed E-state index contributed by atoms with van der Waals surface area (Å²) in [6.45, 7) is 4.78. The van der Waals surface area contributed by atoms with Gasteiger partial charge < -0.3 is 5.32 Å². The van der Waals surface area contributed by atoms with Crippen LogP contribution in [0.4, 0.5) is 4.39 Å². The van der Waals surface area contributed by atoms with Gasteiger partial charge in [0, 0.05) is 4.47 Å². The highest BCUT2D eigenvalue weighted by Gasteiger charge is 2.16. The van der Waals surface area contributed by atoms with Crippen LogP contribution in [0, 0.1) is 12.7 Å². The lowest BCUT2D eigenvalue weighted by Gasteiger charge is -2.21. The van der Waals surface area contributed by atoms with Crippen LogP contribution in [-0.2, 0) is 0 Å². The summed E-state index contributed by atoms with van der Waals surface area (Å²) in [6.07, 6.45) is 0. The van der Waals surface area contributed by atoms with E-state index in [1.54, 1.807) is 6.07 Å². The summed E-state index contributed by atoms with van der Waals surface area (Å²) in [5.41, 5.74) is 3.05. The molecular formula is C16H16BrClFN. The number of hydrogen-bond donors (Lipinski definition) is 1. The Kier molecular flexibility index (Phi) is 5.19. The van der Waals surface area contributed by atoms with Gasteiger partial charge in [0.2, 0.25) is 0 Å². The molecule has 0 heterocycles. The SMILES string of the molecule is CCNC(c1ccc(Br)c(Cl)c1)c1ccc(F)cc1C. The molecule has 0 saturated heterocycles. The van der Waals surface area contributed by atoms with Crippen molar-refractivity contribution < 1.29 is 4.39 Å². The van der Waals surface area contributed by atoms with E-state index >= 15 is 0 Å². The molecular weight excluding hydrogens is 341 g/mol. The molecule has 1 atom stereocenters. The molecule has 0 aliphatic heterocycles. The van der Waals surface area contributed by atoms with E-state index in [1.807, 2.05) is 38.1 Å². The van der Waals surface area contributed by atoms with Crippen molar-refractivity contribution in [1.29, 1.82) is 0 Å². The Balaban J connectivity index is 2.47. The van der Waals surface area contributed by atoms with Gasteiger partial charge in [-0.25, -0.2) is 4.39 Å². The molecule has 0 fully saturated rings. The molecule has 2 aromatic rings. The van der Waals surface area contributed by atoms with Crippen molar-refractivity contribution in [1.82, 2.24) is 5.32 Å². The van der Waals surface area contributed by atoms with Crippen LogP contribution in [0.25, 0.3) is 0 Å². The molecule has 0 amide bonds. The number of rotatable bonds is 4. The molecule has 2 aromatic carbocycles. The van der Waals surface area contributed by atoms with Gasteiger partial charge >= 0.3 is 0 Å². The lowest BCUT2D eigenvalue weighted by atomic mass is 9.95. The minimum atomic E-state index is -0.213. The first-order valence-corrected chi connectivity index (χ1v) is 7.64. The topological polar surface area (TPSA) is 12.0 Å². The van der Waals surface area contributed by atoms with E-state index < -0.39 is 0 Å². The van der Waals surface area contributed by atoms with Gasteiger partial charge in [0.1, 0.15) is 5.82 Å². The summed E-state index contributed by atoms with van der Waals surface area (Å²) < 4.78 is 14.1. The second-order valence-electron chi connectivity index (χ2n) is 4.67. The Hall–Kier alpha value is -0.900. The molecule has 1 unspecified atom stereocenters. The Bertz CT molecular complexity index is 615. The molecule has 0 aliphatic carbocycles. The first-order chi connectivity index (χ1) is 9.52. The van der Waals surface area contributed by atoms with E-state index in [-0.39, 0.29) is 11.9 Å². The number of benzene rings is 2. The van der Waals surface area contributed by atoms with E-state index in [4.69, 9.17) is 11.6 Å². The Morgan fingerprint density at radius 3 is 2.60 bits per heavy atom. The standard InChI is InChI=1S/C16H16BrClFN/c1-3-20-16(11-4-7-14(17)15(18)9-11)13-6-5-12(19)8-10(13)2/h4-9,16,20H,3H2,1-2H3. The van der Waals surface area contributed by atoms with Gasteiger partial charge in [0.15, 0.2) is 0 Å². The fourth-order valence-electron chi connectivity index (χ4n) is 2.27. The molecule has 20 heavy (non-hydrogen) atoms. The minimum absolute atomic E-state index is 0.00574. The fourth-order valence-corrected chi connectivity index (χ4v) is 2.70. The second-order valence-corrected chi connectivity index (χ2v) is 5.93. The zero-order valence-electron chi connectivity index (χ0n) is 11.4. The normalized spacial score (nSPS) is 12.4. The predicted molar refractivity (Wildman–Crippen MR) is 85.8 cm³/mol. The van der Waals surface area contributed by atoms with Crippen LogP contribution < -0.4 is 5.32 Å². The highest BCUT2D eigenvalue weighted by atomic mass is 79.9. The third-order valence-electron chi connectivity index (χ3n) is 3.23. The maximum atomic E-state index is 13.3. The molecule has 0 aromatic heterocycles. The van der Waals surface area contributed by atoms with Crippen LogP contribution in [-0.4, -0.2) is 6.54 Å². The van der Waals surface area contributed by atoms with Crippen molar-refractivity contribution in [2.45, 2.75) is 19.9 Å².